The van der Waals surface area contributed by atoms with Crippen molar-refractivity contribution in [3.05, 3.63) is 23.3 Å². The summed E-state index contributed by atoms with van der Waals surface area (Å²) in [5.41, 5.74) is 2.04. The van der Waals surface area contributed by atoms with Crippen LogP contribution in [0.1, 0.15) is 47.5 Å². The number of rotatable bonds is 3. The zero-order chi connectivity index (χ0) is 13.2. The Bertz CT molecular complexity index is 397. The molecule has 1 aliphatic rings. The van der Waals surface area contributed by atoms with Gasteiger partial charge in [0.05, 0.1) is 0 Å². The second-order valence-corrected chi connectivity index (χ2v) is 5.69. The average Bonchev–Trinajstić information content (AvgIpc) is 2.21. The second-order valence-electron chi connectivity index (χ2n) is 5.69. The summed E-state index contributed by atoms with van der Waals surface area (Å²) in [6.45, 7) is 9.61. The van der Waals surface area contributed by atoms with E-state index in [1.807, 2.05) is 6.08 Å². The number of carbonyl (C=O) groups is 2. The number of ketones is 2. The highest BCUT2D eigenvalue weighted by atomic mass is 16.2. The summed E-state index contributed by atoms with van der Waals surface area (Å²) in [6, 6.07) is 0. The molecule has 0 saturated carbocycles. The summed E-state index contributed by atoms with van der Waals surface area (Å²) in [4.78, 5) is 22.7. The molecule has 0 spiro atoms. The number of hydrogen-bond acceptors (Lipinski definition) is 2. The standard InChI is InChI=1S/C15H22O2/c1-10-7-6-8-15(4,5)13(10)9-11(2)14(17)12(3)16/h7,9,13H,6,8H2,1-5H3. The van der Waals surface area contributed by atoms with Crippen molar-refractivity contribution >= 4 is 11.6 Å². The third kappa shape index (κ3) is 3.15. The third-order valence-electron chi connectivity index (χ3n) is 3.68. The van der Waals surface area contributed by atoms with Crippen LogP contribution in [-0.4, -0.2) is 11.6 Å². The Morgan fingerprint density at radius 2 is 1.94 bits per heavy atom. The van der Waals surface area contributed by atoms with Crippen LogP contribution in [0.3, 0.4) is 0 Å². The van der Waals surface area contributed by atoms with Gasteiger partial charge < -0.3 is 0 Å². The zero-order valence-electron chi connectivity index (χ0n) is 11.5. The minimum Gasteiger partial charge on any atom is -0.291 e. The van der Waals surface area contributed by atoms with Crippen LogP contribution in [0.15, 0.2) is 23.3 Å². The van der Waals surface area contributed by atoms with Gasteiger partial charge in [0.2, 0.25) is 5.78 Å². The van der Waals surface area contributed by atoms with E-state index in [0.29, 0.717) is 5.57 Å². The van der Waals surface area contributed by atoms with Gasteiger partial charge in [0.25, 0.3) is 0 Å². The van der Waals surface area contributed by atoms with E-state index < -0.39 is 0 Å². The lowest BCUT2D eigenvalue weighted by atomic mass is 9.68. The van der Waals surface area contributed by atoms with Gasteiger partial charge in [-0.05, 0) is 37.7 Å². The van der Waals surface area contributed by atoms with E-state index in [9.17, 15) is 9.59 Å². The first kappa shape index (κ1) is 13.9. The lowest BCUT2D eigenvalue weighted by Crippen LogP contribution is -2.27. The highest BCUT2D eigenvalue weighted by Gasteiger charge is 2.31. The molecule has 1 rings (SSSR count). The summed E-state index contributed by atoms with van der Waals surface area (Å²) in [5, 5.41) is 0. The topological polar surface area (TPSA) is 34.1 Å². The molecule has 2 heteroatoms. The molecule has 1 aliphatic carbocycles. The fourth-order valence-electron chi connectivity index (χ4n) is 2.53. The largest absolute Gasteiger partial charge is 0.291 e. The van der Waals surface area contributed by atoms with Crippen molar-refractivity contribution in [1.82, 2.24) is 0 Å². The maximum absolute atomic E-state index is 11.6. The number of hydrogen-bond donors (Lipinski definition) is 0. The van der Waals surface area contributed by atoms with Gasteiger partial charge in [0.15, 0.2) is 5.78 Å². The van der Waals surface area contributed by atoms with Crippen LogP contribution < -0.4 is 0 Å². The van der Waals surface area contributed by atoms with Crippen LogP contribution in [0, 0.1) is 11.3 Å². The molecule has 0 heterocycles. The van der Waals surface area contributed by atoms with E-state index in [0.717, 1.165) is 12.8 Å². The lowest BCUT2D eigenvalue weighted by molar-refractivity contribution is -0.133. The van der Waals surface area contributed by atoms with E-state index >= 15 is 0 Å². The Labute approximate surface area is 104 Å². The summed E-state index contributed by atoms with van der Waals surface area (Å²) >= 11 is 0. The van der Waals surface area contributed by atoms with Crippen molar-refractivity contribution in [2.75, 3.05) is 0 Å². The first-order chi connectivity index (χ1) is 7.75. The van der Waals surface area contributed by atoms with Crippen molar-refractivity contribution in [3.63, 3.8) is 0 Å². The van der Waals surface area contributed by atoms with Crippen LogP contribution in [0.25, 0.3) is 0 Å². The van der Waals surface area contributed by atoms with Gasteiger partial charge in [-0.3, -0.25) is 9.59 Å². The molecule has 2 nitrogen and oxygen atoms in total. The molecule has 0 aromatic rings. The minimum atomic E-state index is -0.381. The van der Waals surface area contributed by atoms with E-state index in [2.05, 4.69) is 26.8 Å². The lowest BCUT2D eigenvalue weighted by Gasteiger charge is -2.37. The third-order valence-corrected chi connectivity index (χ3v) is 3.68. The monoisotopic (exact) mass is 234 g/mol. The Morgan fingerprint density at radius 3 is 2.41 bits per heavy atom. The SMILES string of the molecule is CC(=O)C(=O)C(C)=CC1C(C)=CCCC1(C)C. The van der Waals surface area contributed by atoms with Gasteiger partial charge in [0, 0.05) is 12.8 Å². The Kier molecular flexibility index (Phi) is 4.07. The quantitative estimate of drug-likeness (QED) is 0.425. The first-order valence-electron chi connectivity index (χ1n) is 6.16. The Balaban J connectivity index is 3.02. The van der Waals surface area contributed by atoms with Crippen LogP contribution in [0.5, 0.6) is 0 Å². The summed E-state index contributed by atoms with van der Waals surface area (Å²) in [6.07, 6.45) is 6.42. The maximum atomic E-state index is 11.6. The highest BCUT2D eigenvalue weighted by Crippen LogP contribution is 2.42. The van der Waals surface area contributed by atoms with Gasteiger partial charge in [-0.1, -0.05) is 31.6 Å². The molecule has 0 bridgehead atoms. The molecule has 0 aromatic carbocycles. The Morgan fingerprint density at radius 1 is 1.35 bits per heavy atom. The highest BCUT2D eigenvalue weighted by molar-refractivity contribution is 6.42. The van der Waals surface area contributed by atoms with Gasteiger partial charge in [-0.25, -0.2) is 0 Å². The summed E-state index contributed by atoms with van der Waals surface area (Å²) in [7, 11) is 0. The van der Waals surface area contributed by atoms with Crippen molar-refractivity contribution < 1.29 is 9.59 Å². The number of allylic oxidation sites excluding steroid dienone is 4. The molecule has 0 aliphatic heterocycles. The van der Waals surface area contributed by atoms with Crippen LogP contribution >= 0.6 is 0 Å². The zero-order valence-corrected chi connectivity index (χ0v) is 11.5. The van der Waals surface area contributed by atoms with Gasteiger partial charge >= 0.3 is 0 Å². The minimum absolute atomic E-state index is 0.164. The normalized spacial score (nSPS) is 24.2. The molecule has 1 atom stereocenters. The first-order valence-corrected chi connectivity index (χ1v) is 6.16. The molecular weight excluding hydrogens is 212 g/mol. The molecule has 0 amide bonds. The van der Waals surface area contributed by atoms with E-state index in [-0.39, 0.29) is 22.9 Å². The smallest absolute Gasteiger partial charge is 0.223 e. The van der Waals surface area contributed by atoms with E-state index in [4.69, 9.17) is 0 Å². The molecule has 0 N–H and O–H groups in total. The fourth-order valence-corrected chi connectivity index (χ4v) is 2.53. The molecule has 0 radical (unpaired) electrons. The van der Waals surface area contributed by atoms with Gasteiger partial charge in [-0.2, -0.15) is 0 Å². The fraction of sp³-hybridized carbons (Fsp3) is 0.600. The van der Waals surface area contributed by atoms with E-state index in [1.54, 1.807) is 6.92 Å². The molecule has 0 aromatic heterocycles. The maximum Gasteiger partial charge on any atom is 0.223 e. The van der Waals surface area contributed by atoms with E-state index in [1.165, 1.54) is 12.5 Å². The molecular formula is C15H22O2. The second kappa shape index (κ2) is 4.99. The molecule has 0 saturated heterocycles. The number of carbonyl (C=O) groups excluding carboxylic acids is 2. The predicted octanol–water partition coefficient (Wildman–Crippen LogP) is 3.47. The van der Waals surface area contributed by atoms with Crippen LogP contribution in [0.2, 0.25) is 0 Å². The summed E-state index contributed by atoms with van der Waals surface area (Å²) < 4.78 is 0. The van der Waals surface area contributed by atoms with Gasteiger partial charge in [0.1, 0.15) is 0 Å². The average molecular weight is 234 g/mol. The molecule has 1 unspecified atom stereocenters. The van der Waals surface area contributed by atoms with Crippen LogP contribution in [0.4, 0.5) is 0 Å². The molecule has 17 heavy (non-hydrogen) atoms. The van der Waals surface area contributed by atoms with Crippen molar-refractivity contribution in [3.8, 4) is 0 Å². The van der Waals surface area contributed by atoms with Crippen molar-refractivity contribution in [1.29, 1.82) is 0 Å². The van der Waals surface area contributed by atoms with Crippen molar-refractivity contribution in [2.24, 2.45) is 11.3 Å². The predicted molar refractivity (Wildman–Crippen MR) is 69.7 cm³/mol. The summed E-state index contributed by atoms with van der Waals surface area (Å²) in [5.74, 6) is -0.479. The van der Waals surface area contributed by atoms with Gasteiger partial charge in [-0.15, -0.1) is 0 Å². The Hall–Kier alpha value is -1.18. The number of Topliss-reactive ketones (excluding diaryl/α,β-unsaturated/α-hetero) is 2. The molecule has 0 fully saturated rings. The van der Waals surface area contributed by atoms with Crippen molar-refractivity contribution in [2.45, 2.75) is 47.5 Å². The molecule has 94 valence electrons. The van der Waals surface area contributed by atoms with Crippen LogP contribution in [-0.2, 0) is 9.59 Å².